The summed E-state index contributed by atoms with van der Waals surface area (Å²) in [7, 11) is 1.57. The van der Waals surface area contributed by atoms with Crippen LogP contribution in [-0.2, 0) is 7.05 Å². The molecule has 1 N–H and O–H groups in total. The number of aromatic nitrogens is 1. The first-order valence-electron chi connectivity index (χ1n) is 5.90. The van der Waals surface area contributed by atoms with Crippen molar-refractivity contribution in [2.24, 2.45) is 7.05 Å². The number of phenols is 1. The maximum Gasteiger partial charge on any atom is 0.258 e. The van der Waals surface area contributed by atoms with Gasteiger partial charge < -0.3 is 9.67 Å². The van der Waals surface area contributed by atoms with Crippen LogP contribution in [0.15, 0.2) is 35.1 Å². The van der Waals surface area contributed by atoms with Gasteiger partial charge in [0.05, 0.1) is 5.52 Å². The summed E-state index contributed by atoms with van der Waals surface area (Å²) in [6.45, 7) is 1.89. The van der Waals surface area contributed by atoms with Gasteiger partial charge in [-0.1, -0.05) is 17.7 Å². The average molecular weight is 257 g/mol. The zero-order valence-electron chi connectivity index (χ0n) is 10.6. The lowest BCUT2D eigenvalue weighted by Crippen LogP contribution is -2.17. The Kier molecular flexibility index (Phi) is 2.35. The van der Waals surface area contributed by atoms with E-state index < -0.39 is 5.82 Å². The number of hydrogen-bond donors (Lipinski definition) is 1. The Bertz CT molecular complexity index is 881. The van der Waals surface area contributed by atoms with Gasteiger partial charge in [-0.2, -0.15) is 0 Å². The van der Waals surface area contributed by atoms with Gasteiger partial charge in [0.15, 0.2) is 0 Å². The Morgan fingerprint density at radius 2 is 1.89 bits per heavy atom. The van der Waals surface area contributed by atoms with Gasteiger partial charge in [-0.05, 0) is 18.4 Å². The molecule has 0 unspecified atom stereocenters. The monoisotopic (exact) mass is 257 g/mol. The number of nitrogens with zero attached hydrogens (tertiary/aromatic N) is 1. The number of rotatable bonds is 0. The molecule has 0 saturated carbocycles. The molecule has 0 aliphatic heterocycles. The van der Waals surface area contributed by atoms with Crippen molar-refractivity contribution < 1.29 is 9.50 Å². The Labute approximate surface area is 108 Å². The van der Waals surface area contributed by atoms with E-state index in [1.54, 1.807) is 19.2 Å². The molecule has 0 radical (unpaired) electrons. The first-order chi connectivity index (χ1) is 8.99. The molecule has 2 aromatic carbocycles. The highest BCUT2D eigenvalue weighted by Gasteiger charge is 2.13. The molecule has 3 rings (SSSR count). The maximum absolute atomic E-state index is 14.1. The van der Waals surface area contributed by atoms with Crippen molar-refractivity contribution in [3.8, 4) is 5.75 Å². The standard InChI is InChI=1S/C15H12FNO2/c1-8-3-4-10-11(5-8)15(19)17(2)13-7-9(18)6-12(16)14(10)13/h3-7,18H,1-2H3. The van der Waals surface area contributed by atoms with E-state index in [-0.39, 0.29) is 11.3 Å². The summed E-state index contributed by atoms with van der Waals surface area (Å²) in [6, 6.07) is 7.80. The van der Waals surface area contributed by atoms with Gasteiger partial charge in [-0.3, -0.25) is 4.79 Å². The van der Waals surface area contributed by atoms with E-state index in [2.05, 4.69) is 0 Å². The van der Waals surface area contributed by atoms with Crippen LogP contribution in [0.5, 0.6) is 5.75 Å². The van der Waals surface area contributed by atoms with Crippen LogP contribution in [0.2, 0.25) is 0 Å². The van der Waals surface area contributed by atoms with Crippen molar-refractivity contribution in [2.45, 2.75) is 6.92 Å². The van der Waals surface area contributed by atoms with E-state index in [0.717, 1.165) is 11.6 Å². The molecule has 0 atom stereocenters. The van der Waals surface area contributed by atoms with Crippen LogP contribution < -0.4 is 5.56 Å². The summed E-state index contributed by atoms with van der Waals surface area (Å²) in [5, 5.41) is 10.9. The molecule has 0 saturated heterocycles. The smallest absolute Gasteiger partial charge is 0.258 e. The summed E-state index contributed by atoms with van der Waals surface area (Å²) in [4.78, 5) is 12.3. The average Bonchev–Trinajstić information content (AvgIpc) is 2.35. The first kappa shape index (κ1) is 11.7. The van der Waals surface area contributed by atoms with Crippen LogP contribution >= 0.6 is 0 Å². The number of hydrogen-bond acceptors (Lipinski definition) is 2. The number of aromatic hydroxyl groups is 1. The first-order valence-corrected chi connectivity index (χ1v) is 5.90. The fraction of sp³-hybridized carbons (Fsp3) is 0.133. The molecule has 1 heterocycles. The highest BCUT2D eigenvalue weighted by Crippen LogP contribution is 2.28. The molecule has 0 spiro atoms. The zero-order valence-corrected chi connectivity index (χ0v) is 10.6. The highest BCUT2D eigenvalue weighted by atomic mass is 19.1. The van der Waals surface area contributed by atoms with Crippen molar-refractivity contribution >= 4 is 21.7 Å². The predicted molar refractivity (Wildman–Crippen MR) is 73.1 cm³/mol. The second kappa shape index (κ2) is 3.82. The number of phenolic OH excluding ortho intramolecular Hbond substituents is 1. The van der Waals surface area contributed by atoms with E-state index >= 15 is 0 Å². The van der Waals surface area contributed by atoms with Gasteiger partial charge in [0.25, 0.3) is 5.56 Å². The van der Waals surface area contributed by atoms with Gasteiger partial charge in [0.2, 0.25) is 0 Å². The summed E-state index contributed by atoms with van der Waals surface area (Å²) < 4.78 is 15.5. The van der Waals surface area contributed by atoms with Crippen molar-refractivity contribution in [1.29, 1.82) is 0 Å². The van der Waals surface area contributed by atoms with Crippen molar-refractivity contribution in [3.05, 3.63) is 52.1 Å². The molecule has 3 aromatic rings. The third-order valence-electron chi connectivity index (χ3n) is 3.39. The Hall–Kier alpha value is -2.36. The number of benzene rings is 2. The fourth-order valence-corrected chi connectivity index (χ4v) is 2.45. The van der Waals surface area contributed by atoms with E-state index in [1.165, 1.54) is 10.6 Å². The van der Waals surface area contributed by atoms with Gasteiger partial charge in [0, 0.05) is 30.0 Å². The molecule has 0 amide bonds. The molecule has 96 valence electrons. The number of pyridine rings is 1. The highest BCUT2D eigenvalue weighted by molar-refractivity contribution is 6.06. The van der Waals surface area contributed by atoms with Gasteiger partial charge in [0.1, 0.15) is 11.6 Å². The molecular weight excluding hydrogens is 245 g/mol. The lowest BCUT2D eigenvalue weighted by Gasteiger charge is -2.10. The quantitative estimate of drug-likeness (QED) is 0.629. The Morgan fingerprint density at radius 3 is 2.63 bits per heavy atom. The van der Waals surface area contributed by atoms with E-state index in [0.29, 0.717) is 21.7 Å². The molecule has 1 aromatic heterocycles. The second-order valence-corrected chi connectivity index (χ2v) is 4.73. The Morgan fingerprint density at radius 1 is 1.16 bits per heavy atom. The molecule has 4 heteroatoms. The molecule has 0 bridgehead atoms. The van der Waals surface area contributed by atoms with E-state index in [1.807, 2.05) is 13.0 Å². The molecule has 3 nitrogen and oxygen atoms in total. The SMILES string of the molecule is Cc1ccc2c(c1)c(=O)n(C)c1cc(O)cc(F)c21. The predicted octanol–water partition coefficient (Wildman–Crippen LogP) is 2.84. The zero-order chi connectivity index (χ0) is 13.7. The second-order valence-electron chi connectivity index (χ2n) is 4.73. The van der Waals surface area contributed by atoms with Crippen LogP contribution in [0, 0.1) is 12.7 Å². The summed E-state index contributed by atoms with van der Waals surface area (Å²) in [5.41, 5.74) is 1.14. The third kappa shape index (κ3) is 1.60. The minimum absolute atomic E-state index is 0.188. The number of aryl methyl sites for hydroxylation is 2. The van der Waals surface area contributed by atoms with E-state index in [4.69, 9.17) is 0 Å². The van der Waals surface area contributed by atoms with Crippen LogP contribution in [0.25, 0.3) is 21.7 Å². The van der Waals surface area contributed by atoms with Crippen molar-refractivity contribution in [3.63, 3.8) is 0 Å². The van der Waals surface area contributed by atoms with E-state index in [9.17, 15) is 14.3 Å². The van der Waals surface area contributed by atoms with Crippen molar-refractivity contribution in [1.82, 2.24) is 4.57 Å². The Balaban J connectivity index is 2.71. The minimum atomic E-state index is -0.528. The molecule has 19 heavy (non-hydrogen) atoms. The third-order valence-corrected chi connectivity index (χ3v) is 3.39. The van der Waals surface area contributed by atoms with Crippen LogP contribution in [0.4, 0.5) is 4.39 Å². The van der Waals surface area contributed by atoms with Crippen LogP contribution in [0.1, 0.15) is 5.56 Å². The molecule has 0 aliphatic rings. The maximum atomic E-state index is 14.1. The molecule has 0 fully saturated rings. The lowest BCUT2D eigenvalue weighted by molar-refractivity contribution is 0.470. The molecular formula is C15H12FNO2. The van der Waals surface area contributed by atoms with Crippen LogP contribution in [-0.4, -0.2) is 9.67 Å². The topological polar surface area (TPSA) is 42.2 Å². The number of halogens is 1. The van der Waals surface area contributed by atoms with Crippen molar-refractivity contribution in [2.75, 3.05) is 0 Å². The summed E-state index contributed by atoms with van der Waals surface area (Å²) in [5.74, 6) is -0.717. The minimum Gasteiger partial charge on any atom is -0.508 e. The van der Waals surface area contributed by atoms with Gasteiger partial charge in [-0.25, -0.2) is 4.39 Å². The summed E-state index contributed by atoms with van der Waals surface area (Å²) >= 11 is 0. The van der Waals surface area contributed by atoms with Gasteiger partial charge >= 0.3 is 0 Å². The van der Waals surface area contributed by atoms with Gasteiger partial charge in [-0.15, -0.1) is 0 Å². The summed E-state index contributed by atoms with van der Waals surface area (Å²) in [6.07, 6.45) is 0. The number of fused-ring (bicyclic) bond motifs is 3. The largest absolute Gasteiger partial charge is 0.508 e. The van der Waals surface area contributed by atoms with Crippen LogP contribution in [0.3, 0.4) is 0 Å². The fourth-order valence-electron chi connectivity index (χ4n) is 2.45. The lowest BCUT2D eigenvalue weighted by atomic mass is 10.0. The normalized spacial score (nSPS) is 11.3. The molecule has 0 aliphatic carbocycles.